The molecule has 2 atom stereocenters. The minimum absolute atomic E-state index is 0.151. The summed E-state index contributed by atoms with van der Waals surface area (Å²) in [6.07, 6.45) is 0.719. The highest BCUT2D eigenvalue weighted by molar-refractivity contribution is 6.30. The summed E-state index contributed by atoms with van der Waals surface area (Å²) in [6.45, 7) is 0. The molecule has 4 aromatic carbocycles. The van der Waals surface area contributed by atoms with Gasteiger partial charge in [0.2, 0.25) is 0 Å². The molecular formula is C29H26Cl2N2O. The van der Waals surface area contributed by atoms with Crippen LogP contribution in [-0.2, 0) is 4.79 Å². The number of rotatable bonds is 10. The smallest absolute Gasteiger partial charge is 0.137 e. The van der Waals surface area contributed by atoms with E-state index in [2.05, 4.69) is 10.6 Å². The Morgan fingerprint density at radius 3 is 1.26 bits per heavy atom. The highest BCUT2D eigenvalue weighted by Gasteiger charge is 2.21. The van der Waals surface area contributed by atoms with Gasteiger partial charge in [-0.2, -0.15) is 0 Å². The number of hydrogen-bond donors (Lipinski definition) is 2. The van der Waals surface area contributed by atoms with E-state index in [0.717, 1.165) is 22.5 Å². The Morgan fingerprint density at radius 2 is 0.912 bits per heavy atom. The largest absolute Gasteiger partial charge is 0.378 e. The Hall–Kier alpha value is -3.27. The zero-order chi connectivity index (χ0) is 23.8. The van der Waals surface area contributed by atoms with Crippen molar-refractivity contribution in [2.24, 2.45) is 0 Å². The van der Waals surface area contributed by atoms with Gasteiger partial charge in [0.05, 0.1) is 12.1 Å². The lowest BCUT2D eigenvalue weighted by atomic mass is 9.95. The van der Waals surface area contributed by atoms with E-state index < -0.39 is 0 Å². The molecule has 0 aliphatic heterocycles. The van der Waals surface area contributed by atoms with E-state index in [0.29, 0.717) is 22.9 Å². The molecule has 4 rings (SSSR count). The maximum Gasteiger partial charge on any atom is 0.137 e. The molecule has 2 N–H and O–H groups in total. The lowest BCUT2D eigenvalue weighted by molar-refractivity contribution is -0.119. The second-order valence-electron chi connectivity index (χ2n) is 8.18. The summed E-state index contributed by atoms with van der Waals surface area (Å²) in [5.74, 6) is 0.158. The molecule has 0 unspecified atom stereocenters. The minimum Gasteiger partial charge on any atom is -0.378 e. The summed E-state index contributed by atoms with van der Waals surface area (Å²) in [5.41, 5.74) is 3.97. The highest BCUT2D eigenvalue weighted by Crippen LogP contribution is 2.28. The van der Waals surface area contributed by atoms with Crippen LogP contribution in [0.2, 0.25) is 10.0 Å². The van der Waals surface area contributed by atoms with E-state index in [4.69, 9.17) is 23.2 Å². The molecule has 0 saturated heterocycles. The molecule has 0 bridgehead atoms. The molecule has 5 heteroatoms. The van der Waals surface area contributed by atoms with Gasteiger partial charge in [-0.1, -0.05) is 83.9 Å². The fourth-order valence-electron chi connectivity index (χ4n) is 3.91. The lowest BCUT2D eigenvalue weighted by Crippen LogP contribution is -2.20. The highest BCUT2D eigenvalue weighted by atomic mass is 35.5. The molecule has 0 fully saturated rings. The normalized spacial score (nSPS) is 12.5. The molecule has 0 radical (unpaired) electrons. The molecular weight excluding hydrogens is 463 g/mol. The fourth-order valence-corrected chi connectivity index (χ4v) is 4.16. The first-order valence-corrected chi connectivity index (χ1v) is 12.0. The summed E-state index contributed by atoms with van der Waals surface area (Å²) in [5, 5.41) is 8.37. The van der Waals surface area contributed by atoms with Gasteiger partial charge in [0.25, 0.3) is 0 Å². The van der Waals surface area contributed by atoms with Gasteiger partial charge in [-0.3, -0.25) is 4.79 Å². The number of anilines is 2. The standard InChI is InChI=1S/C29H26Cl2N2O/c30-23-11-15-25(16-12-23)32-28(21-7-3-1-4-8-21)19-27(34)20-29(22-9-5-2-6-10-22)33-26-17-13-24(31)14-18-26/h1-18,28-29,32-33H,19-20H2/t28-,29-/m0/s1. The molecule has 0 aliphatic carbocycles. The molecule has 4 aromatic rings. The van der Waals surface area contributed by atoms with E-state index in [-0.39, 0.29) is 17.9 Å². The zero-order valence-electron chi connectivity index (χ0n) is 18.6. The van der Waals surface area contributed by atoms with Crippen molar-refractivity contribution in [3.63, 3.8) is 0 Å². The molecule has 34 heavy (non-hydrogen) atoms. The first kappa shape index (κ1) is 23.9. The summed E-state index contributed by atoms with van der Waals surface area (Å²) in [7, 11) is 0. The molecule has 0 spiro atoms. The second-order valence-corrected chi connectivity index (χ2v) is 9.05. The summed E-state index contributed by atoms with van der Waals surface area (Å²) in [6, 6.07) is 34.9. The first-order chi connectivity index (χ1) is 16.6. The number of hydrogen-bond acceptors (Lipinski definition) is 3. The monoisotopic (exact) mass is 488 g/mol. The van der Waals surface area contributed by atoms with Crippen LogP contribution in [0.3, 0.4) is 0 Å². The fraction of sp³-hybridized carbons (Fsp3) is 0.138. The van der Waals surface area contributed by atoms with Gasteiger partial charge >= 0.3 is 0 Å². The Bertz CT molecular complexity index is 1090. The van der Waals surface area contributed by atoms with Gasteiger partial charge in [-0.25, -0.2) is 0 Å². The summed E-state index contributed by atoms with van der Waals surface area (Å²) < 4.78 is 0. The first-order valence-electron chi connectivity index (χ1n) is 11.2. The minimum atomic E-state index is -0.151. The third kappa shape index (κ3) is 6.86. The van der Waals surface area contributed by atoms with Crippen LogP contribution in [0.4, 0.5) is 11.4 Å². The van der Waals surface area contributed by atoms with Gasteiger partial charge in [0.15, 0.2) is 0 Å². The molecule has 0 heterocycles. The number of halogens is 2. The van der Waals surface area contributed by atoms with Crippen molar-refractivity contribution in [1.29, 1.82) is 0 Å². The number of Topliss-reactive ketones (excluding diaryl/α,β-unsaturated/α-hetero) is 1. The van der Waals surface area contributed by atoms with Crippen LogP contribution in [0.5, 0.6) is 0 Å². The van der Waals surface area contributed by atoms with E-state index >= 15 is 0 Å². The van der Waals surface area contributed by atoms with Crippen LogP contribution < -0.4 is 10.6 Å². The number of carbonyl (C=O) groups is 1. The molecule has 3 nitrogen and oxygen atoms in total. The van der Waals surface area contributed by atoms with E-state index in [1.54, 1.807) is 0 Å². The predicted molar refractivity (Wildman–Crippen MR) is 143 cm³/mol. The Kier molecular flexibility index (Phi) is 8.24. The van der Waals surface area contributed by atoms with Gasteiger partial charge < -0.3 is 10.6 Å². The maximum atomic E-state index is 13.4. The molecule has 172 valence electrons. The van der Waals surface area contributed by atoms with Crippen LogP contribution in [0.1, 0.15) is 36.1 Å². The van der Waals surface area contributed by atoms with Crippen molar-refractivity contribution in [2.45, 2.75) is 24.9 Å². The van der Waals surface area contributed by atoms with Crippen molar-refractivity contribution in [1.82, 2.24) is 0 Å². The van der Waals surface area contributed by atoms with Gasteiger partial charge in [-0.05, 0) is 59.7 Å². The topological polar surface area (TPSA) is 41.1 Å². The van der Waals surface area contributed by atoms with E-state index in [9.17, 15) is 4.79 Å². The van der Waals surface area contributed by atoms with Crippen molar-refractivity contribution < 1.29 is 4.79 Å². The van der Waals surface area contributed by atoms with Crippen molar-refractivity contribution in [3.8, 4) is 0 Å². The molecule has 0 saturated carbocycles. The molecule has 0 aromatic heterocycles. The Balaban J connectivity index is 1.52. The van der Waals surface area contributed by atoms with Gasteiger partial charge in [0.1, 0.15) is 5.78 Å². The number of carbonyl (C=O) groups excluding carboxylic acids is 1. The third-order valence-electron chi connectivity index (χ3n) is 5.64. The second kappa shape index (κ2) is 11.7. The van der Waals surface area contributed by atoms with Crippen LogP contribution >= 0.6 is 23.2 Å². The average molecular weight is 489 g/mol. The van der Waals surface area contributed by atoms with Crippen molar-refractivity contribution >= 4 is 40.4 Å². The SMILES string of the molecule is O=C(C[C@H](Nc1ccc(Cl)cc1)c1ccccc1)C[C@H](Nc1ccc(Cl)cc1)c1ccccc1. The van der Waals surface area contributed by atoms with Gasteiger partial charge in [0, 0.05) is 34.3 Å². The van der Waals surface area contributed by atoms with Crippen LogP contribution in [0.25, 0.3) is 0 Å². The van der Waals surface area contributed by atoms with Crippen molar-refractivity contribution in [3.05, 3.63) is 130 Å². The molecule has 0 amide bonds. The van der Waals surface area contributed by atoms with Crippen LogP contribution in [0.15, 0.2) is 109 Å². The Morgan fingerprint density at radius 1 is 0.559 bits per heavy atom. The quantitative estimate of drug-likeness (QED) is 0.235. The van der Waals surface area contributed by atoms with Crippen molar-refractivity contribution in [2.75, 3.05) is 10.6 Å². The number of benzene rings is 4. The summed E-state index contributed by atoms with van der Waals surface area (Å²) >= 11 is 12.1. The molecule has 0 aliphatic rings. The lowest BCUT2D eigenvalue weighted by Gasteiger charge is -2.23. The number of ketones is 1. The van der Waals surface area contributed by atoms with Crippen LogP contribution in [0, 0.1) is 0 Å². The average Bonchev–Trinajstić information content (AvgIpc) is 2.87. The van der Waals surface area contributed by atoms with E-state index in [1.807, 2.05) is 109 Å². The number of nitrogens with one attached hydrogen (secondary N) is 2. The predicted octanol–water partition coefficient (Wildman–Crippen LogP) is 8.35. The van der Waals surface area contributed by atoms with Gasteiger partial charge in [-0.15, -0.1) is 0 Å². The zero-order valence-corrected chi connectivity index (χ0v) is 20.1. The van der Waals surface area contributed by atoms with E-state index in [1.165, 1.54) is 0 Å². The maximum absolute atomic E-state index is 13.4. The Labute approximate surface area is 210 Å². The summed E-state index contributed by atoms with van der Waals surface area (Å²) in [4.78, 5) is 13.4. The third-order valence-corrected chi connectivity index (χ3v) is 6.14. The van der Waals surface area contributed by atoms with Crippen LogP contribution in [-0.4, -0.2) is 5.78 Å².